The quantitative estimate of drug-likeness (QED) is 0.498. The van der Waals surface area contributed by atoms with Gasteiger partial charge in [-0.15, -0.1) is 0 Å². The van der Waals surface area contributed by atoms with E-state index in [0.717, 1.165) is 6.42 Å². The van der Waals surface area contributed by atoms with Gasteiger partial charge in [-0.25, -0.2) is 4.98 Å². The summed E-state index contributed by atoms with van der Waals surface area (Å²) < 4.78 is 0.656. The molecule has 2 aromatic rings. The number of nitrogens with zero attached hydrogens (tertiary/aromatic N) is 2. The second kappa shape index (κ2) is 8.25. The van der Waals surface area contributed by atoms with E-state index in [-0.39, 0.29) is 11.5 Å². The number of carbonyl (C=O) groups is 1. The molecule has 1 aromatic heterocycles. The van der Waals surface area contributed by atoms with Gasteiger partial charge >= 0.3 is 0 Å². The number of aryl methyl sites for hydroxylation is 1. The molecule has 1 aromatic carbocycles. The number of nitrogens with one attached hydrogen (secondary N) is 1. The molecule has 0 aliphatic heterocycles. The number of rotatable bonds is 5. The third kappa shape index (κ3) is 5.04. The van der Waals surface area contributed by atoms with E-state index in [2.05, 4.69) is 26.2 Å². The molecule has 2 rings (SSSR count). The molecule has 0 aliphatic rings. The van der Waals surface area contributed by atoms with Crippen molar-refractivity contribution in [2.45, 2.75) is 13.3 Å². The van der Waals surface area contributed by atoms with E-state index >= 15 is 0 Å². The highest BCUT2D eigenvalue weighted by Gasteiger charge is 2.09. The van der Waals surface area contributed by atoms with E-state index in [1.807, 2.05) is 37.3 Å². The Kier molecular flexibility index (Phi) is 6.07. The summed E-state index contributed by atoms with van der Waals surface area (Å²) in [6, 6.07) is 15.3. The van der Waals surface area contributed by atoms with Crippen LogP contribution in [-0.2, 0) is 11.2 Å². The summed E-state index contributed by atoms with van der Waals surface area (Å²) in [6.07, 6.45) is 2.21. The summed E-state index contributed by atoms with van der Waals surface area (Å²) >= 11 is 3.26. The van der Waals surface area contributed by atoms with Crippen LogP contribution in [0.15, 0.2) is 52.6 Å². The summed E-state index contributed by atoms with van der Waals surface area (Å²) in [5.41, 5.74) is 2.98. The van der Waals surface area contributed by atoms with Crippen LogP contribution < -0.4 is 5.32 Å². The smallest absolute Gasteiger partial charge is 0.262 e. The lowest BCUT2D eigenvalue weighted by Gasteiger charge is -2.07. The lowest BCUT2D eigenvalue weighted by Crippen LogP contribution is -2.26. The molecule has 0 bridgehead atoms. The minimum absolute atomic E-state index is 0.0420. The zero-order valence-electron chi connectivity index (χ0n) is 12.7. The number of nitriles is 1. The fourth-order valence-corrected chi connectivity index (χ4v) is 2.45. The minimum Gasteiger partial charge on any atom is -0.351 e. The third-order valence-corrected chi connectivity index (χ3v) is 3.78. The molecule has 116 valence electrons. The van der Waals surface area contributed by atoms with Crippen molar-refractivity contribution in [1.82, 2.24) is 10.3 Å². The maximum Gasteiger partial charge on any atom is 0.262 e. The maximum absolute atomic E-state index is 12.1. The molecule has 23 heavy (non-hydrogen) atoms. The highest BCUT2D eigenvalue weighted by molar-refractivity contribution is 9.10. The van der Waals surface area contributed by atoms with Crippen molar-refractivity contribution in [3.05, 3.63) is 69.5 Å². The minimum atomic E-state index is -0.386. The second-order valence-electron chi connectivity index (χ2n) is 4.99. The van der Waals surface area contributed by atoms with Gasteiger partial charge in [0.25, 0.3) is 5.91 Å². The average molecular weight is 370 g/mol. The molecule has 0 radical (unpaired) electrons. The van der Waals surface area contributed by atoms with Gasteiger partial charge in [-0.1, -0.05) is 30.3 Å². The Hall–Kier alpha value is -2.45. The van der Waals surface area contributed by atoms with E-state index in [4.69, 9.17) is 5.26 Å². The molecular weight excluding hydrogens is 354 g/mol. The molecule has 0 spiro atoms. The summed E-state index contributed by atoms with van der Waals surface area (Å²) in [7, 11) is 0. The molecule has 1 amide bonds. The van der Waals surface area contributed by atoms with E-state index in [1.54, 1.807) is 18.2 Å². The Balaban J connectivity index is 1.98. The molecule has 0 saturated heterocycles. The van der Waals surface area contributed by atoms with Crippen molar-refractivity contribution in [1.29, 1.82) is 5.26 Å². The van der Waals surface area contributed by atoms with Gasteiger partial charge in [0, 0.05) is 6.54 Å². The Morgan fingerprint density at radius 3 is 2.78 bits per heavy atom. The third-order valence-electron chi connectivity index (χ3n) is 3.34. The van der Waals surface area contributed by atoms with Gasteiger partial charge in [-0.2, -0.15) is 5.26 Å². The zero-order chi connectivity index (χ0) is 16.7. The number of carbonyl (C=O) groups excluding carboxylic acids is 1. The number of aromatic nitrogens is 1. The first-order valence-electron chi connectivity index (χ1n) is 7.17. The zero-order valence-corrected chi connectivity index (χ0v) is 14.3. The van der Waals surface area contributed by atoms with Crippen molar-refractivity contribution in [2.75, 3.05) is 6.54 Å². The Labute approximate surface area is 144 Å². The molecular formula is C18H16BrN3O. The van der Waals surface area contributed by atoms with E-state index in [1.165, 1.54) is 17.2 Å². The molecule has 0 saturated carbocycles. The molecule has 0 atom stereocenters. The number of hydrogen-bond acceptors (Lipinski definition) is 3. The average Bonchev–Trinajstić information content (AvgIpc) is 2.54. The van der Waals surface area contributed by atoms with Crippen LogP contribution in [0.1, 0.15) is 16.8 Å². The predicted molar refractivity (Wildman–Crippen MR) is 93.4 cm³/mol. The van der Waals surface area contributed by atoms with Crippen molar-refractivity contribution < 1.29 is 4.79 Å². The van der Waals surface area contributed by atoms with Crippen molar-refractivity contribution in [3.63, 3.8) is 0 Å². The lowest BCUT2D eigenvalue weighted by atomic mass is 10.1. The first kappa shape index (κ1) is 16.9. The first-order valence-corrected chi connectivity index (χ1v) is 7.96. The van der Waals surface area contributed by atoms with Crippen LogP contribution in [0.25, 0.3) is 6.08 Å². The van der Waals surface area contributed by atoms with Gasteiger partial charge in [0.2, 0.25) is 0 Å². The normalized spacial score (nSPS) is 10.9. The largest absolute Gasteiger partial charge is 0.351 e. The summed E-state index contributed by atoms with van der Waals surface area (Å²) in [5, 5.41) is 11.9. The summed E-state index contributed by atoms with van der Waals surface area (Å²) in [5.74, 6) is -0.386. The van der Waals surface area contributed by atoms with Crippen molar-refractivity contribution in [3.8, 4) is 6.07 Å². The van der Waals surface area contributed by atoms with Gasteiger partial charge in [0.1, 0.15) is 16.2 Å². The molecule has 1 heterocycles. The number of benzene rings is 1. The SMILES string of the molecule is Cc1ccccc1CCNC(=O)/C(C#N)=C/c1cccc(Br)n1. The highest BCUT2D eigenvalue weighted by atomic mass is 79.9. The van der Waals surface area contributed by atoms with Crippen LogP contribution in [0.4, 0.5) is 0 Å². The second-order valence-corrected chi connectivity index (χ2v) is 5.80. The first-order chi connectivity index (χ1) is 11.1. The highest BCUT2D eigenvalue weighted by Crippen LogP contribution is 2.10. The topological polar surface area (TPSA) is 65.8 Å². The molecule has 0 unspecified atom stereocenters. The van der Waals surface area contributed by atoms with Crippen LogP contribution >= 0.6 is 15.9 Å². The van der Waals surface area contributed by atoms with E-state index < -0.39 is 0 Å². The molecule has 1 N–H and O–H groups in total. The van der Waals surface area contributed by atoms with Crippen LogP contribution in [0.3, 0.4) is 0 Å². The fourth-order valence-electron chi connectivity index (χ4n) is 2.10. The number of hydrogen-bond donors (Lipinski definition) is 1. The van der Waals surface area contributed by atoms with Crippen molar-refractivity contribution in [2.24, 2.45) is 0 Å². The van der Waals surface area contributed by atoms with Gasteiger partial charge in [-0.05, 0) is 58.6 Å². The lowest BCUT2D eigenvalue weighted by molar-refractivity contribution is -0.117. The van der Waals surface area contributed by atoms with Gasteiger partial charge in [0.05, 0.1) is 5.69 Å². The Morgan fingerprint density at radius 1 is 1.30 bits per heavy atom. The number of pyridine rings is 1. The van der Waals surface area contributed by atoms with Crippen molar-refractivity contribution >= 4 is 27.9 Å². The van der Waals surface area contributed by atoms with Gasteiger partial charge < -0.3 is 5.32 Å². The van der Waals surface area contributed by atoms with Crippen LogP contribution in [0.5, 0.6) is 0 Å². The van der Waals surface area contributed by atoms with Gasteiger partial charge in [0.15, 0.2) is 0 Å². The summed E-state index contributed by atoms with van der Waals surface area (Å²) in [6.45, 7) is 2.52. The fraction of sp³-hybridized carbons (Fsp3) is 0.167. The number of halogens is 1. The standard InChI is InChI=1S/C18H16BrN3O/c1-13-5-2-3-6-14(13)9-10-21-18(23)15(12-20)11-16-7-4-8-17(19)22-16/h2-8,11H,9-10H2,1H3,(H,21,23)/b15-11+. The van der Waals surface area contributed by atoms with E-state index in [0.29, 0.717) is 16.8 Å². The molecule has 5 heteroatoms. The predicted octanol–water partition coefficient (Wildman–Crippen LogP) is 3.42. The monoisotopic (exact) mass is 369 g/mol. The van der Waals surface area contributed by atoms with Crippen LogP contribution in [0, 0.1) is 18.3 Å². The molecule has 4 nitrogen and oxygen atoms in total. The maximum atomic E-state index is 12.1. The Bertz CT molecular complexity index is 778. The summed E-state index contributed by atoms with van der Waals surface area (Å²) in [4.78, 5) is 16.3. The van der Waals surface area contributed by atoms with E-state index in [9.17, 15) is 4.79 Å². The molecule has 0 fully saturated rings. The molecule has 0 aliphatic carbocycles. The van der Waals surface area contributed by atoms with Crippen LogP contribution in [-0.4, -0.2) is 17.4 Å². The number of amides is 1. The van der Waals surface area contributed by atoms with Crippen LogP contribution in [0.2, 0.25) is 0 Å². The van der Waals surface area contributed by atoms with Gasteiger partial charge in [-0.3, -0.25) is 4.79 Å². The Morgan fingerprint density at radius 2 is 2.09 bits per heavy atom.